The van der Waals surface area contributed by atoms with Crippen molar-refractivity contribution in [1.82, 2.24) is 4.98 Å². The van der Waals surface area contributed by atoms with Crippen LogP contribution in [0.2, 0.25) is 0 Å². The average molecular weight is 215 g/mol. The van der Waals surface area contributed by atoms with Crippen molar-refractivity contribution in [3.05, 3.63) is 22.6 Å². The Morgan fingerprint density at radius 3 is 2.00 bits per heavy atom. The van der Waals surface area contributed by atoms with Crippen molar-refractivity contribution in [2.24, 2.45) is 0 Å². The molecular formula is C9H13NOS2. The molecule has 0 unspecified atom stereocenters. The van der Waals surface area contributed by atoms with Gasteiger partial charge >= 0.3 is 0 Å². The number of nitrogens with one attached hydrogen (secondary N) is 1. The van der Waals surface area contributed by atoms with E-state index in [4.69, 9.17) is 0 Å². The van der Waals surface area contributed by atoms with Crippen molar-refractivity contribution in [2.75, 3.05) is 11.5 Å². The average Bonchev–Trinajstić information content (AvgIpc) is 2.13. The highest BCUT2D eigenvalue weighted by Gasteiger charge is 2.03. The molecule has 1 aromatic heterocycles. The number of thioether (sulfide) groups is 2. The summed E-state index contributed by atoms with van der Waals surface area (Å²) in [5.74, 6) is 1.87. The number of pyridine rings is 1. The highest BCUT2D eigenvalue weighted by molar-refractivity contribution is 8.00. The van der Waals surface area contributed by atoms with E-state index in [1.54, 1.807) is 35.9 Å². The first kappa shape index (κ1) is 10.7. The van der Waals surface area contributed by atoms with E-state index in [1.165, 1.54) is 0 Å². The SMILES string of the molecule is CCSc1c[nH]cc(SCC)c1=O. The van der Waals surface area contributed by atoms with Gasteiger partial charge in [-0.2, -0.15) is 0 Å². The van der Waals surface area contributed by atoms with Gasteiger partial charge in [0.05, 0.1) is 9.79 Å². The van der Waals surface area contributed by atoms with Gasteiger partial charge in [-0.3, -0.25) is 4.79 Å². The lowest BCUT2D eigenvalue weighted by atomic mass is 10.5. The van der Waals surface area contributed by atoms with Gasteiger partial charge in [-0.05, 0) is 11.5 Å². The molecule has 13 heavy (non-hydrogen) atoms. The van der Waals surface area contributed by atoms with Gasteiger partial charge in [0.2, 0.25) is 5.43 Å². The molecule has 1 aromatic rings. The lowest BCUT2D eigenvalue weighted by Gasteiger charge is -2.00. The topological polar surface area (TPSA) is 32.9 Å². The summed E-state index contributed by atoms with van der Waals surface area (Å²) in [6.45, 7) is 4.09. The Kier molecular flexibility index (Phi) is 4.45. The molecule has 1 heterocycles. The summed E-state index contributed by atoms with van der Waals surface area (Å²) >= 11 is 3.17. The third-order valence-corrected chi connectivity index (χ3v) is 3.28. The first-order chi connectivity index (χ1) is 6.29. The van der Waals surface area contributed by atoms with E-state index >= 15 is 0 Å². The molecule has 72 valence electrons. The molecule has 0 aliphatic heterocycles. The molecule has 0 aliphatic carbocycles. The number of aromatic nitrogens is 1. The Bertz CT molecular complexity index is 294. The van der Waals surface area contributed by atoms with Crippen molar-refractivity contribution < 1.29 is 0 Å². The molecule has 0 bridgehead atoms. The molecule has 0 atom stereocenters. The number of H-pyrrole nitrogens is 1. The summed E-state index contributed by atoms with van der Waals surface area (Å²) in [5, 5.41) is 0. The number of aromatic amines is 1. The van der Waals surface area contributed by atoms with Crippen molar-refractivity contribution in [2.45, 2.75) is 23.6 Å². The minimum atomic E-state index is 0.164. The quantitative estimate of drug-likeness (QED) is 0.784. The van der Waals surface area contributed by atoms with Crippen molar-refractivity contribution >= 4 is 23.5 Å². The van der Waals surface area contributed by atoms with Crippen molar-refractivity contribution in [3.8, 4) is 0 Å². The Labute approximate surface area is 86.5 Å². The highest BCUT2D eigenvalue weighted by Crippen LogP contribution is 2.17. The van der Waals surface area contributed by atoms with Crippen LogP contribution in [0.4, 0.5) is 0 Å². The summed E-state index contributed by atoms with van der Waals surface area (Å²) in [4.78, 5) is 16.3. The fraction of sp³-hybridized carbons (Fsp3) is 0.444. The maximum absolute atomic E-state index is 11.7. The molecule has 2 nitrogen and oxygen atoms in total. The molecule has 0 spiro atoms. The van der Waals surface area contributed by atoms with Gasteiger partial charge in [-0.25, -0.2) is 0 Å². The van der Waals surface area contributed by atoms with Crippen molar-refractivity contribution in [1.29, 1.82) is 0 Å². The standard InChI is InChI=1S/C9H13NOS2/c1-3-12-7-5-10-6-8(9(7)11)13-4-2/h5-6H,3-4H2,1-2H3,(H,10,11). The number of hydrogen-bond acceptors (Lipinski definition) is 3. The minimum absolute atomic E-state index is 0.164. The van der Waals surface area contributed by atoms with E-state index in [1.807, 2.05) is 13.8 Å². The van der Waals surface area contributed by atoms with Crippen LogP contribution in [0.15, 0.2) is 27.0 Å². The molecule has 1 N–H and O–H groups in total. The summed E-state index contributed by atoms with van der Waals surface area (Å²) in [6, 6.07) is 0. The van der Waals surface area contributed by atoms with E-state index in [0.717, 1.165) is 21.3 Å². The Morgan fingerprint density at radius 1 is 1.15 bits per heavy atom. The minimum Gasteiger partial charge on any atom is -0.365 e. The van der Waals surface area contributed by atoms with Crippen LogP contribution >= 0.6 is 23.5 Å². The third-order valence-electron chi connectivity index (χ3n) is 1.48. The maximum atomic E-state index is 11.7. The second kappa shape index (κ2) is 5.40. The van der Waals surface area contributed by atoms with Crippen LogP contribution in [0.1, 0.15) is 13.8 Å². The van der Waals surface area contributed by atoms with Crippen LogP contribution in [0.3, 0.4) is 0 Å². The zero-order chi connectivity index (χ0) is 9.68. The van der Waals surface area contributed by atoms with E-state index in [9.17, 15) is 4.79 Å². The molecule has 0 radical (unpaired) electrons. The number of rotatable bonds is 4. The van der Waals surface area contributed by atoms with Gasteiger partial charge in [-0.15, -0.1) is 23.5 Å². The molecule has 0 saturated carbocycles. The van der Waals surface area contributed by atoms with Crippen LogP contribution in [0, 0.1) is 0 Å². The van der Waals surface area contributed by atoms with Gasteiger partial charge < -0.3 is 4.98 Å². The van der Waals surface area contributed by atoms with Crippen LogP contribution in [-0.4, -0.2) is 16.5 Å². The predicted octanol–water partition coefficient (Wildman–Crippen LogP) is 2.60. The monoisotopic (exact) mass is 215 g/mol. The molecular weight excluding hydrogens is 202 g/mol. The summed E-state index contributed by atoms with van der Waals surface area (Å²) in [5.41, 5.74) is 0.164. The molecule has 1 rings (SSSR count). The normalized spacial score (nSPS) is 10.3. The Morgan fingerprint density at radius 2 is 1.62 bits per heavy atom. The van der Waals surface area contributed by atoms with Gasteiger partial charge in [0.1, 0.15) is 0 Å². The molecule has 0 aliphatic rings. The van der Waals surface area contributed by atoms with Crippen LogP contribution in [0.5, 0.6) is 0 Å². The Hall–Kier alpha value is -0.350. The fourth-order valence-electron chi connectivity index (χ4n) is 0.971. The van der Waals surface area contributed by atoms with E-state index < -0.39 is 0 Å². The predicted molar refractivity (Wildman–Crippen MR) is 59.9 cm³/mol. The first-order valence-electron chi connectivity index (χ1n) is 4.26. The zero-order valence-electron chi connectivity index (χ0n) is 7.79. The molecule has 0 saturated heterocycles. The maximum Gasteiger partial charge on any atom is 0.208 e. The third kappa shape index (κ3) is 2.81. The second-order valence-corrected chi connectivity index (χ2v) is 4.99. The molecule has 4 heteroatoms. The fourth-order valence-corrected chi connectivity index (χ4v) is 2.44. The summed E-state index contributed by atoms with van der Waals surface area (Å²) in [6.07, 6.45) is 3.55. The van der Waals surface area contributed by atoms with E-state index in [-0.39, 0.29) is 5.43 Å². The lowest BCUT2D eigenvalue weighted by molar-refractivity contribution is 1.10. The van der Waals surface area contributed by atoms with Crippen molar-refractivity contribution in [3.63, 3.8) is 0 Å². The van der Waals surface area contributed by atoms with E-state index in [0.29, 0.717) is 0 Å². The van der Waals surface area contributed by atoms with Gasteiger partial charge in [0.25, 0.3) is 0 Å². The van der Waals surface area contributed by atoms with Crippen LogP contribution < -0.4 is 5.43 Å². The zero-order valence-corrected chi connectivity index (χ0v) is 9.43. The molecule has 0 fully saturated rings. The van der Waals surface area contributed by atoms with Crippen LogP contribution in [-0.2, 0) is 0 Å². The van der Waals surface area contributed by atoms with Gasteiger partial charge in [0, 0.05) is 12.4 Å². The summed E-state index contributed by atoms with van der Waals surface area (Å²) in [7, 11) is 0. The molecule has 0 amide bonds. The second-order valence-electron chi connectivity index (χ2n) is 2.38. The largest absolute Gasteiger partial charge is 0.365 e. The van der Waals surface area contributed by atoms with Crippen LogP contribution in [0.25, 0.3) is 0 Å². The van der Waals surface area contributed by atoms with E-state index in [2.05, 4.69) is 4.98 Å². The lowest BCUT2D eigenvalue weighted by Crippen LogP contribution is -2.07. The molecule has 0 aromatic carbocycles. The van der Waals surface area contributed by atoms with Gasteiger partial charge in [0.15, 0.2) is 0 Å². The number of hydrogen-bond donors (Lipinski definition) is 1. The first-order valence-corrected chi connectivity index (χ1v) is 6.23. The smallest absolute Gasteiger partial charge is 0.208 e. The highest BCUT2D eigenvalue weighted by atomic mass is 32.2. The van der Waals surface area contributed by atoms with Gasteiger partial charge in [-0.1, -0.05) is 13.8 Å². The summed E-state index contributed by atoms with van der Waals surface area (Å²) < 4.78 is 0. The Balaban J connectivity index is 2.97.